The maximum absolute atomic E-state index is 12.2. The molecule has 2 amide bonds. The van der Waals surface area contributed by atoms with Crippen LogP contribution in [0, 0.1) is 5.92 Å². The van der Waals surface area contributed by atoms with E-state index in [0.29, 0.717) is 12.5 Å². The molecule has 24 heavy (non-hydrogen) atoms. The number of nitrogens with one attached hydrogen (secondary N) is 1. The van der Waals surface area contributed by atoms with Gasteiger partial charge >= 0.3 is 29.6 Å². The average molecular weight is 366 g/mol. The van der Waals surface area contributed by atoms with Crippen LogP contribution in [-0.2, 0) is 19.1 Å². The summed E-state index contributed by atoms with van der Waals surface area (Å²) in [6.45, 7) is 8.06. The van der Waals surface area contributed by atoms with Crippen molar-refractivity contribution in [2.75, 3.05) is 13.2 Å². The van der Waals surface area contributed by atoms with Crippen LogP contribution in [0.4, 0.5) is 0 Å². The first-order valence-electron chi connectivity index (χ1n) is 7.73. The van der Waals surface area contributed by atoms with E-state index in [4.69, 9.17) is 4.74 Å². The Hall–Kier alpha value is -0.280. The Balaban J connectivity index is 0.00000288. The van der Waals surface area contributed by atoms with Crippen molar-refractivity contribution >= 4 is 29.5 Å². The number of carboxylic acid groups (broad SMARTS) is 1. The topological polar surface area (TPSA) is 98.8 Å². The summed E-state index contributed by atoms with van der Waals surface area (Å²) in [5, 5.41) is 13.6. The molecular formula is C15H23N2NaO5S. The van der Waals surface area contributed by atoms with Gasteiger partial charge in [-0.3, -0.25) is 9.59 Å². The van der Waals surface area contributed by atoms with Gasteiger partial charge in [0.1, 0.15) is 18.0 Å². The third-order valence-electron chi connectivity index (χ3n) is 4.05. The summed E-state index contributed by atoms with van der Waals surface area (Å²) >= 11 is 1.37. The van der Waals surface area contributed by atoms with E-state index in [1.807, 2.05) is 0 Å². The Bertz CT molecular complexity index is 514. The second kappa shape index (κ2) is 8.40. The molecule has 2 heterocycles. The van der Waals surface area contributed by atoms with E-state index in [9.17, 15) is 19.5 Å². The van der Waals surface area contributed by atoms with Crippen LogP contribution in [0.1, 0.15) is 34.1 Å². The van der Waals surface area contributed by atoms with Gasteiger partial charge in [0.15, 0.2) is 0 Å². The van der Waals surface area contributed by atoms with Gasteiger partial charge in [-0.05, 0) is 26.2 Å². The van der Waals surface area contributed by atoms with E-state index < -0.39 is 22.8 Å². The molecule has 9 heteroatoms. The van der Waals surface area contributed by atoms with E-state index in [0.717, 1.165) is 6.42 Å². The van der Waals surface area contributed by atoms with Crippen molar-refractivity contribution in [2.45, 2.75) is 56.3 Å². The standard InChI is InChI=1S/C15H24N2O5S.Na/c1-8(2)5-6-22-7-9(18)16-10-12(19)17-11(14(20)21)15(3,4)23-13(10)17;/h8,10-11,13H,5-7H2,1-4H3,(H,16,18)(H,20,21);/q;+1/p-1/t10-,11+,13-;/m1./s1. The molecule has 0 saturated carbocycles. The zero-order valence-corrected chi connectivity index (χ0v) is 17.6. The van der Waals surface area contributed by atoms with E-state index in [1.54, 1.807) is 13.8 Å². The zero-order valence-electron chi connectivity index (χ0n) is 14.8. The maximum atomic E-state index is 12.2. The minimum absolute atomic E-state index is 0. The van der Waals surface area contributed by atoms with Gasteiger partial charge in [-0.2, -0.15) is 0 Å². The van der Waals surface area contributed by atoms with Crippen LogP contribution in [-0.4, -0.2) is 58.1 Å². The Labute approximate surface area is 168 Å². The minimum Gasteiger partial charge on any atom is -0.548 e. The third-order valence-corrected chi connectivity index (χ3v) is 5.62. The number of carbonyl (C=O) groups is 3. The average Bonchev–Trinajstić information content (AvgIpc) is 2.69. The Morgan fingerprint density at radius 1 is 1.42 bits per heavy atom. The number of hydrogen-bond acceptors (Lipinski definition) is 6. The number of carbonyl (C=O) groups excluding carboxylic acids is 3. The van der Waals surface area contributed by atoms with Crippen molar-refractivity contribution < 1.29 is 53.8 Å². The molecule has 0 bridgehead atoms. The van der Waals surface area contributed by atoms with Gasteiger partial charge in [-0.25, -0.2) is 0 Å². The van der Waals surface area contributed by atoms with E-state index in [2.05, 4.69) is 19.2 Å². The molecule has 2 aliphatic rings. The number of amides is 2. The van der Waals surface area contributed by atoms with Crippen LogP contribution < -0.4 is 40.0 Å². The summed E-state index contributed by atoms with van der Waals surface area (Å²) in [5.74, 6) is -1.50. The molecule has 130 valence electrons. The molecule has 0 aliphatic carbocycles. The second-order valence-corrected chi connectivity index (χ2v) is 8.63. The van der Waals surface area contributed by atoms with Crippen molar-refractivity contribution in [3.05, 3.63) is 0 Å². The fourth-order valence-corrected chi connectivity index (χ4v) is 4.45. The zero-order chi connectivity index (χ0) is 17.4. The molecule has 0 unspecified atom stereocenters. The van der Waals surface area contributed by atoms with E-state index >= 15 is 0 Å². The first-order valence-corrected chi connectivity index (χ1v) is 8.61. The molecule has 0 spiro atoms. The first-order chi connectivity index (χ1) is 10.6. The number of aliphatic carboxylic acids is 1. The summed E-state index contributed by atoms with van der Waals surface area (Å²) in [7, 11) is 0. The summed E-state index contributed by atoms with van der Waals surface area (Å²) in [4.78, 5) is 36.6. The van der Waals surface area contributed by atoms with Crippen LogP contribution in [0.25, 0.3) is 0 Å². The molecule has 2 rings (SSSR count). The quantitative estimate of drug-likeness (QED) is 0.283. The van der Waals surface area contributed by atoms with Crippen LogP contribution in [0.15, 0.2) is 0 Å². The van der Waals surface area contributed by atoms with Gasteiger partial charge in [0.05, 0.1) is 12.0 Å². The van der Waals surface area contributed by atoms with Crippen molar-refractivity contribution in [1.29, 1.82) is 0 Å². The molecule has 2 aliphatic heterocycles. The van der Waals surface area contributed by atoms with Crippen LogP contribution in [0.5, 0.6) is 0 Å². The molecule has 2 fully saturated rings. The summed E-state index contributed by atoms with van der Waals surface area (Å²) in [6, 6.07) is -1.66. The molecule has 7 nitrogen and oxygen atoms in total. The molecule has 0 radical (unpaired) electrons. The summed E-state index contributed by atoms with van der Waals surface area (Å²) < 4.78 is 4.63. The number of carboxylic acids is 1. The second-order valence-electron chi connectivity index (χ2n) is 6.86. The van der Waals surface area contributed by atoms with Gasteiger partial charge in [0, 0.05) is 11.4 Å². The van der Waals surface area contributed by atoms with Gasteiger partial charge < -0.3 is 24.9 Å². The monoisotopic (exact) mass is 366 g/mol. The molecule has 0 aromatic carbocycles. The number of fused-ring (bicyclic) bond motifs is 1. The number of β-lactam (4-membered cyclic amide) rings is 1. The third kappa shape index (κ3) is 4.46. The molecule has 1 N–H and O–H groups in total. The smallest absolute Gasteiger partial charge is 0.548 e. The molecule has 0 aromatic heterocycles. The van der Waals surface area contributed by atoms with Crippen LogP contribution >= 0.6 is 11.8 Å². The van der Waals surface area contributed by atoms with E-state index in [-0.39, 0.29) is 53.4 Å². The number of thioether (sulfide) groups is 1. The molecular weight excluding hydrogens is 343 g/mol. The largest absolute Gasteiger partial charge is 1.00 e. The van der Waals surface area contributed by atoms with Gasteiger partial charge in [-0.15, -0.1) is 11.8 Å². The number of nitrogens with zero attached hydrogens (tertiary/aromatic N) is 1. The Morgan fingerprint density at radius 3 is 2.58 bits per heavy atom. The van der Waals surface area contributed by atoms with Crippen molar-refractivity contribution in [1.82, 2.24) is 10.2 Å². The fourth-order valence-electron chi connectivity index (χ4n) is 2.83. The normalized spacial score (nSPS) is 27.3. The number of rotatable bonds is 7. The minimum atomic E-state index is -1.26. The van der Waals surface area contributed by atoms with E-state index in [1.165, 1.54) is 16.7 Å². The summed E-state index contributed by atoms with van der Waals surface area (Å²) in [5.41, 5.74) is 0. The summed E-state index contributed by atoms with van der Waals surface area (Å²) in [6.07, 6.45) is 0.864. The predicted octanol–water partition coefficient (Wildman–Crippen LogP) is -3.65. The van der Waals surface area contributed by atoms with Gasteiger partial charge in [0.2, 0.25) is 11.8 Å². The van der Waals surface area contributed by atoms with Crippen molar-refractivity contribution in [3.63, 3.8) is 0 Å². The molecule has 2 saturated heterocycles. The number of hydrogen-bond donors (Lipinski definition) is 1. The van der Waals surface area contributed by atoms with Gasteiger partial charge in [-0.1, -0.05) is 13.8 Å². The molecule has 0 aromatic rings. The van der Waals surface area contributed by atoms with Crippen molar-refractivity contribution in [3.8, 4) is 0 Å². The maximum Gasteiger partial charge on any atom is 1.00 e. The van der Waals surface area contributed by atoms with Crippen LogP contribution in [0.2, 0.25) is 0 Å². The predicted molar refractivity (Wildman–Crippen MR) is 83.3 cm³/mol. The van der Waals surface area contributed by atoms with Crippen molar-refractivity contribution in [2.24, 2.45) is 5.92 Å². The fraction of sp³-hybridized carbons (Fsp3) is 0.800. The Kier molecular flexibility index (Phi) is 7.62. The Morgan fingerprint density at radius 2 is 2.04 bits per heavy atom. The van der Waals surface area contributed by atoms with Crippen LogP contribution in [0.3, 0.4) is 0 Å². The SMILES string of the molecule is CC(C)CCOCC(=O)N[C@@H]1C(=O)N2[C@@H]1SC(C)(C)[C@@H]2C(=O)[O-].[Na+]. The first kappa shape index (κ1) is 21.8. The molecule has 3 atom stereocenters. The van der Waals surface area contributed by atoms with Gasteiger partial charge in [0.25, 0.3) is 0 Å². The number of ether oxygens (including phenoxy) is 1.